The first kappa shape index (κ1) is 12.6. The maximum absolute atomic E-state index is 9.26. The van der Waals surface area contributed by atoms with Gasteiger partial charge in [0.2, 0.25) is 0 Å². The molecule has 0 aromatic heterocycles. The minimum atomic E-state index is -0.600. The highest BCUT2D eigenvalue weighted by Gasteiger charge is 2.05. The lowest BCUT2D eigenvalue weighted by atomic mass is 10.2. The monoisotopic (exact) mass is 336 g/mol. The van der Waals surface area contributed by atoms with Gasteiger partial charge in [-0.1, -0.05) is 0 Å². The van der Waals surface area contributed by atoms with Crippen LogP contribution in [0.4, 0.5) is 5.69 Å². The van der Waals surface area contributed by atoms with Crippen LogP contribution >= 0.6 is 34.2 Å². The second-order valence-corrected chi connectivity index (χ2v) is 4.54. The number of halogens is 2. The Kier molecular flexibility index (Phi) is 5.15. The molecule has 1 atom stereocenters. The highest BCUT2D eigenvalue weighted by Crippen LogP contribution is 2.17. The van der Waals surface area contributed by atoms with Gasteiger partial charge in [-0.3, -0.25) is 0 Å². The summed E-state index contributed by atoms with van der Waals surface area (Å²) in [4.78, 5) is 0. The maximum Gasteiger partial charge on any atom is 0.101 e. The van der Waals surface area contributed by atoms with Crippen molar-refractivity contribution in [3.8, 4) is 6.07 Å². The summed E-state index contributed by atoms with van der Waals surface area (Å²) in [5.74, 6) is 0.180. The number of benzene rings is 1. The number of aliphatic hydroxyl groups is 1. The number of hydrogen-bond donors (Lipinski definition) is 2. The number of nitrogens with zero attached hydrogens (tertiary/aromatic N) is 1. The van der Waals surface area contributed by atoms with Crippen LogP contribution in [0, 0.1) is 14.9 Å². The molecule has 0 heterocycles. The molecule has 1 aromatic rings. The van der Waals surface area contributed by atoms with Gasteiger partial charge in [0.25, 0.3) is 0 Å². The molecule has 0 spiro atoms. The van der Waals surface area contributed by atoms with Gasteiger partial charge in [0.15, 0.2) is 0 Å². The van der Waals surface area contributed by atoms with Crippen LogP contribution in [0.2, 0.25) is 0 Å². The van der Waals surface area contributed by atoms with Crippen LogP contribution in [0.15, 0.2) is 18.2 Å². The highest BCUT2D eigenvalue weighted by atomic mass is 127. The molecular formula is C10H10ClIN2O. The molecule has 1 rings (SSSR count). The average Bonchev–Trinajstić information content (AvgIpc) is 2.26. The molecule has 15 heavy (non-hydrogen) atoms. The molecule has 0 fully saturated rings. The lowest BCUT2D eigenvalue weighted by Crippen LogP contribution is -2.21. The van der Waals surface area contributed by atoms with Crippen LogP contribution in [0.5, 0.6) is 0 Å². The lowest BCUT2D eigenvalue weighted by molar-refractivity contribution is 0.211. The number of nitriles is 1. The third-order valence-corrected chi connectivity index (χ3v) is 2.84. The van der Waals surface area contributed by atoms with Crippen molar-refractivity contribution in [2.75, 3.05) is 17.7 Å². The summed E-state index contributed by atoms with van der Waals surface area (Å²) in [6.45, 7) is 0.346. The normalized spacial score (nSPS) is 11.9. The molecule has 0 aliphatic carbocycles. The van der Waals surface area contributed by atoms with Crippen molar-refractivity contribution in [2.24, 2.45) is 0 Å². The molecule has 80 valence electrons. The van der Waals surface area contributed by atoms with E-state index in [4.69, 9.17) is 16.9 Å². The van der Waals surface area contributed by atoms with E-state index in [1.165, 1.54) is 0 Å². The van der Waals surface area contributed by atoms with Gasteiger partial charge >= 0.3 is 0 Å². The van der Waals surface area contributed by atoms with Gasteiger partial charge in [-0.25, -0.2) is 0 Å². The molecule has 0 radical (unpaired) electrons. The number of nitrogens with one attached hydrogen (secondary N) is 1. The minimum absolute atomic E-state index is 0.180. The fourth-order valence-electron chi connectivity index (χ4n) is 1.05. The van der Waals surface area contributed by atoms with E-state index in [2.05, 4.69) is 34.0 Å². The standard InChI is InChI=1S/C10H10ClIN2O/c11-4-9(15)6-14-10-2-1-8(12)3-7(10)5-13/h1-3,9,14-15H,4,6H2. The Morgan fingerprint density at radius 2 is 2.33 bits per heavy atom. The summed E-state index contributed by atoms with van der Waals surface area (Å²) in [5, 5.41) is 21.1. The number of anilines is 1. The van der Waals surface area contributed by atoms with E-state index in [0.717, 1.165) is 9.26 Å². The van der Waals surface area contributed by atoms with Crippen LogP contribution < -0.4 is 5.32 Å². The van der Waals surface area contributed by atoms with Gasteiger partial charge in [0.1, 0.15) is 6.07 Å². The van der Waals surface area contributed by atoms with Crippen molar-refractivity contribution >= 4 is 39.9 Å². The van der Waals surface area contributed by atoms with E-state index < -0.39 is 6.10 Å². The molecule has 0 amide bonds. The van der Waals surface area contributed by atoms with Crippen LogP contribution in [0.1, 0.15) is 5.56 Å². The minimum Gasteiger partial charge on any atom is -0.390 e. The topological polar surface area (TPSA) is 56.0 Å². The quantitative estimate of drug-likeness (QED) is 0.654. The highest BCUT2D eigenvalue weighted by molar-refractivity contribution is 14.1. The largest absolute Gasteiger partial charge is 0.390 e. The van der Waals surface area contributed by atoms with E-state index in [1.807, 2.05) is 12.1 Å². The van der Waals surface area contributed by atoms with E-state index in [-0.39, 0.29) is 5.88 Å². The molecule has 0 bridgehead atoms. The zero-order valence-corrected chi connectivity index (χ0v) is 10.8. The zero-order valence-electron chi connectivity index (χ0n) is 7.87. The van der Waals surface area contributed by atoms with Gasteiger partial charge in [0.05, 0.1) is 23.2 Å². The summed E-state index contributed by atoms with van der Waals surface area (Å²) >= 11 is 7.61. The van der Waals surface area contributed by atoms with Crippen LogP contribution in [-0.2, 0) is 0 Å². The molecule has 0 aliphatic heterocycles. The molecule has 1 aromatic carbocycles. The van der Waals surface area contributed by atoms with E-state index in [9.17, 15) is 5.11 Å². The molecule has 0 saturated carbocycles. The van der Waals surface area contributed by atoms with Gasteiger partial charge in [-0.15, -0.1) is 11.6 Å². The Bertz CT molecular complexity index is 378. The zero-order chi connectivity index (χ0) is 11.3. The second-order valence-electron chi connectivity index (χ2n) is 2.99. The van der Waals surface area contributed by atoms with Gasteiger partial charge in [-0.2, -0.15) is 5.26 Å². The number of hydrogen-bond acceptors (Lipinski definition) is 3. The van der Waals surface area contributed by atoms with Crippen molar-refractivity contribution in [2.45, 2.75) is 6.10 Å². The Balaban J connectivity index is 2.73. The SMILES string of the molecule is N#Cc1cc(I)ccc1NCC(O)CCl. The summed E-state index contributed by atoms with van der Waals surface area (Å²) in [5.41, 5.74) is 1.30. The van der Waals surface area contributed by atoms with Gasteiger partial charge in [-0.05, 0) is 40.8 Å². The van der Waals surface area contributed by atoms with Crippen LogP contribution in [-0.4, -0.2) is 23.6 Å². The third kappa shape index (κ3) is 3.86. The fraction of sp³-hybridized carbons (Fsp3) is 0.300. The van der Waals surface area contributed by atoms with Crippen LogP contribution in [0.3, 0.4) is 0 Å². The molecule has 5 heteroatoms. The molecule has 0 saturated heterocycles. The van der Waals surface area contributed by atoms with Crippen molar-refractivity contribution in [3.63, 3.8) is 0 Å². The smallest absolute Gasteiger partial charge is 0.101 e. The summed E-state index contributed by atoms with van der Waals surface area (Å²) in [7, 11) is 0. The Morgan fingerprint density at radius 3 is 2.93 bits per heavy atom. The van der Waals surface area contributed by atoms with Gasteiger partial charge in [0, 0.05) is 10.1 Å². The first-order chi connectivity index (χ1) is 7.17. The first-order valence-corrected chi connectivity index (χ1v) is 5.96. The van der Waals surface area contributed by atoms with E-state index in [0.29, 0.717) is 12.1 Å². The third-order valence-electron chi connectivity index (χ3n) is 1.81. The maximum atomic E-state index is 9.26. The number of rotatable bonds is 4. The fourth-order valence-corrected chi connectivity index (χ4v) is 1.65. The van der Waals surface area contributed by atoms with Crippen molar-refractivity contribution in [1.82, 2.24) is 0 Å². The molecular weight excluding hydrogens is 326 g/mol. The summed E-state index contributed by atoms with van der Waals surface area (Å²) < 4.78 is 1.01. The van der Waals surface area contributed by atoms with Crippen molar-refractivity contribution in [1.29, 1.82) is 5.26 Å². The van der Waals surface area contributed by atoms with Gasteiger partial charge < -0.3 is 10.4 Å². The first-order valence-electron chi connectivity index (χ1n) is 4.35. The molecule has 1 unspecified atom stereocenters. The molecule has 2 N–H and O–H groups in total. The van der Waals surface area contributed by atoms with Crippen molar-refractivity contribution in [3.05, 3.63) is 27.3 Å². The molecule has 0 aliphatic rings. The molecule has 3 nitrogen and oxygen atoms in total. The van der Waals surface area contributed by atoms with Crippen molar-refractivity contribution < 1.29 is 5.11 Å². The predicted molar refractivity (Wildman–Crippen MR) is 69.1 cm³/mol. The van der Waals surface area contributed by atoms with E-state index in [1.54, 1.807) is 6.07 Å². The second kappa shape index (κ2) is 6.16. The number of alkyl halides is 1. The average molecular weight is 337 g/mol. The summed E-state index contributed by atoms with van der Waals surface area (Å²) in [6.07, 6.45) is -0.600. The summed E-state index contributed by atoms with van der Waals surface area (Å²) in [6, 6.07) is 7.60. The van der Waals surface area contributed by atoms with E-state index >= 15 is 0 Å². The Hall–Kier alpha value is -0.510. The van der Waals surface area contributed by atoms with Crippen LogP contribution in [0.25, 0.3) is 0 Å². The number of aliphatic hydroxyl groups excluding tert-OH is 1. The Morgan fingerprint density at radius 1 is 1.60 bits per heavy atom. The lowest BCUT2D eigenvalue weighted by Gasteiger charge is -2.11. The Labute approximate surface area is 107 Å². The predicted octanol–water partition coefficient (Wildman–Crippen LogP) is 2.17.